The second-order valence-corrected chi connectivity index (χ2v) is 4.46. The van der Waals surface area contributed by atoms with E-state index < -0.39 is 17.4 Å². The van der Waals surface area contributed by atoms with Gasteiger partial charge in [-0.15, -0.1) is 11.6 Å². The third-order valence-corrected chi connectivity index (χ3v) is 2.98. The summed E-state index contributed by atoms with van der Waals surface area (Å²) in [4.78, 5) is 23.4. The van der Waals surface area contributed by atoms with Gasteiger partial charge in [0, 0.05) is 12.4 Å². The van der Waals surface area contributed by atoms with E-state index in [1.54, 1.807) is 31.2 Å². The van der Waals surface area contributed by atoms with Crippen LogP contribution in [0.2, 0.25) is 0 Å². The van der Waals surface area contributed by atoms with Crippen LogP contribution in [0.1, 0.15) is 6.92 Å². The van der Waals surface area contributed by atoms with Crippen molar-refractivity contribution in [2.45, 2.75) is 13.0 Å². The highest BCUT2D eigenvalue weighted by atomic mass is 35.5. The van der Waals surface area contributed by atoms with E-state index in [2.05, 4.69) is 10.6 Å². The summed E-state index contributed by atoms with van der Waals surface area (Å²) in [6.45, 7) is 2.08. The lowest BCUT2D eigenvalue weighted by atomic mass is 9.79. The van der Waals surface area contributed by atoms with Crippen molar-refractivity contribution < 1.29 is 14.3 Å². The van der Waals surface area contributed by atoms with Gasteiger partial charge in [-0.3, -0.25) is 4.79 Å². The fraction of sp³-hybridized carbons (Fsp3) is 0.500. The van der Waals surface area contributed by atoms with Gasteiger partial charge in [0.05, 0.1) is 13.2 Å². The summed E-state index contributed by atoms with van der Waals surface area (Å²) < 4.78 is 4.77. The standard InChI is InChI=1S/C12H17ClN2O3/c1-12(10(16)18-2)6-4-3-5-9(12)15-11(17)14-8-7-13/h3-6,9H,7-8H2,1-2H3,(H2,14,15,17). The molecule has 0 aromatic carbocycles. The number of methoxy groups -OCH3 is 1. The van der Waals surface area contributed by atoms with Crippen molar-refractivity contribution in [2.75, 3.05) is 19.5 Å². The third kappa shape index (κ3) is 3.26. The van der Waals surface area contributed by atoms with E-state index in [0.29, 0.717) is 12.4 Å². The van der Waals surface area contributed by atoms with E-state index in [9.17, 15) is 9.59 Å². The van der Waals surface area contributed by atoms with Gasteiger partial charge in [-0.05, 0) is 6.92 Å². The highest BCUT2D eigenvalue weighted by Gasteiger charge is 2.40. The molecule has 0 bridgehead atoms. The van der Waals surface area contributed by atoms with E-state index in [0.717, 1.165) is 0 Å². The molecule has 18 heavy (non-hydrogen) atoms. The van der Waals surface area contributed by atoms with Gasteiger partial charge >= 0.3 is 12.0 Å². The Bertz CT molecular complexity index is 382. The number of alkyl halides is 1. The number of ether oxygens (including phenoxy) is 1. The van der Waals surface area contributed by atoms with Crippen molar-refractivity contribution in [3.05, 3.63) is 24.3 Å². The number of amides is 2. The van der Waals surface area contributed by atoms with Crippen molar-refractivity contribution in [3.63, 3.8) is 0 Å². The molecular formula is C12H17ClN2O3. The van der Waals surface area contributed by atoms with Crippen LogP contribution in [0.3, 0.4) is 0 Å². The molecule has 0 heterocycles. The smallest absolute Gasteiger partial charge is 0.317 e. The molecule has 0 radical (unpaired) electrons. The van der Waals surface area contributed by atoms with Crippen molar-refractivity contribution in [2.24, 2.45) is 5.41 Å². The molecule has 1 aliphatic rings. The maximum Gasteiger partial charge on any atom is 0.317 e. The Morgan fingerprint density at radius 3 is 2.78 bits per heavy atom. The Morgan fingerprint density at radius 1 is 1.44 bits per heavy atom. The predicted molar refractivity (Wildman–Crippen MR) is 69.4 cm³/mol. The molecule has 0 aromatic heterocycles. The molecule has 2 N–H and O–H groups in total. The SMILES string of the molecule is COC(=O)C1(C)C=CC=CC1NC(=O)NCCCl. The summed E-state index contributed by atoms with van der Waals surface area (Å²) in [7, 11) is 1.32. The largest absolute Gasteiger partial charge is 0.468 e. The minimum atomic E-state index is -0.901. The third-order valence-electron chi connectivity index (χ3n) is 2.80. The Kier molecular flexibility index (Phi) is 5.22. The summed E-state index contributed by atoms with van der Waals surface area (Å²) in [5, 5.41) is 5.29. The molecule has 1 aliphatic carbocycles. The normalized spacial score (nSPS) is 25.6. The molecular weight excluding hydrogens is 256 g/mol. The highest BCUT2D eigenvalue weighted by molar-refractivity contribution is 6.18. The summed E-state index contributed by atoms with van der Waals surface area (Å²) in [6.07, 6.45) is 6.99. The van der Waals surface area contributed by atoms with Crippen LogP contribution in [0.4, 0.5) is 4.79 Å². The van der Waals surface area contributed by atoms with Crippen LogP contribution < -0.4 is 10.6 Å². The molecule has 2 atom stereocenters. The van der Waals surface area contributed by atoms with E-state index in [1.807, 2.05) is 0 Å². The number of allylic oxidation sites excluding steroid dienone is 2. The number of urea groups is 1. The van der Waals surface area contributed by atoms with Gasteiger partial charge in [-0.2, -0.15) is 0 Å². The van der Waals surface area contributed by atoms with Crippen molar-refractivity contribution in [1.29, 1.82) is 0 Å². The first-order valence-corrected chi connectivity index (χ1v) is 6.13. The van der Waals surface area contributed by atoms with E-state index in [1.165, 1.54) is 7.11 Å². The van der Waals surface area contributed by atoms with E-state index >= 15 is 0 Å². The maximum atomic E-state index is 11.8. The molecule has 2 amide bonds. The first-order valence-electron chi connectivity index (χ1n) is 5.59. The number of hydrogen-bond acceptors (Lipinski definition) is 3. The number of carbonyl (C=O) groups excluding carboxylic acids is 2. The number of rotatable bonds is 4. The zero-order valence-corrected chi connectivity index (χ0v) is 11.2. The van der Waals surface area contributed by atoms with Crippen molar-refractivity contribution in [3.8, 4) is 0 Å². The predicted octanol–water partition coefficient (Wildman–Crippen LogP) is 1.20. The maximum absolute atomic E-state index is 11.8. The van der Waals surface area contributed by atoms with Gasteiger partial charge in [0.25, 0.3) is 0 Å². The van der Waals surface area contributed by atoms with E-state index in [-0.39, 0.29) is 6.03 Å². The highest BCUT2D eigenvalue weighted by Crippen LogP contribution is 2.29. The van der Waals surface area contributed by atoms with Crippen LogP contribution in [0, 0.1) is 5.41 Å². The number of esters is 1. The topological polar surface area (TPSA) is 67.4 Å². The molecule has 2 unspecified atom stereocenters. The van der Waals surface area contributed by atoms with Crippen molar-refractivity contribution >= 4 is 23.6 Å². The molecule has 0 saturated carbocycles. The minimum Gasteiger partial charge on any atom is -0.468 e. The Labute approximate surface area is 111 Å². The minimum absolute atomic E-state index is 0.335. The van der Waals surface area contributed by atoms with Gasteiger partial charge in [-0.25, -0.2) is 4.79 Å². The number of carbonyl (C=O) groups is 2. The van der Waals surface area contributed by atoms with Crippen molar-refractivity contribution in [1.82, 2.24) is 10.6 Å². The van der Waals surface area contributed by atoms with Crippen LogP contribution in [-0.4, -0.2) is 37.6 Å². The van der Waals surface area contributed by atoms with Gasteiger partial charge < -0.3 is 15.4 Å². The molecule has 6 heteroatoms. The Morgan fingerprint density at radius 2 is 2.17 bits per heavy atom. The summed E-state index contributed by atoms with van der Waals surface area (Å²) in [5.41, 5.74) is -0.901. The van der Waals surface area contributed by atoms with Crippen LogP contribution in [0.15, 0.2) is 24.3 Å². The Balaban J connectivity index is 2.73. The number of hydrogen-bond donors (Lipinski definition) is 2. The zero-order valence-electron chi connectivity index (χ0n) is 10.4. The van der Waals surface area contributed by atoms with Gasteiger partial charge in [0.15, 0.2) is 0 Å². The average Bonchev–Trinajstić information content (AvgIpc) is 2.38. The second kappa shape index (κ2) is 6.44. The Hall–Kier alpha value is -1.49. The number of nitrogens with one attached hydrogen (secondary N) is 2. The van der Waals surface area contributed by atoms with Crippen LogP contribution in [0.5, 0.6) is 0 Å². The lowest BCUT2D eigenvalue weighted by molar-refractivity contribution is -0.149. The van der Waals surface area contributed by atoms with Crippen LogP contribution in [-0.2, 0) is 9.53 Å². The molecule has 100 valence electrons. The molecule has 0 saturated heterocycles. The molecule has 5 nitrogen and oxygen atoms in total. The first kappa shape index (κ1) is 14.6. The van der Waals surface area contributed by atoms with Crippen LogP contribution in [0.25, 0.3) is 0 Å². The zero-order chi connectivity index (χ0) is 13.6. The summed E-state index contributed by atoms with van der Waals surface area (Å²) >= 11 is 5.48. The van der Waals surface area contributed by atoms with Gasteiger partial charge in [-0.1, -0.05) is 24.3 Å². The lowest BCUT2D eigenvalue weighted by Gasteiger charge is -2.32. The first-order chi connectivity index (χ1) is 8.54. The quantitative estimate of drug-likeness (QED) is 0.597. The van der Waals surface area contributed by atoms with Gasteiger partial charge in [0.1, 0.15) is 5.41 Å². The molecule has 1 rings (SSSR count). The van der Waals surface area contributed by atoms with E-state index in [4.69, 9.17) is 16.3 Å². The van der Waals surface area contributed by atoms with Gasteiger partial charge in [0.2, 0.25) is 0 Å². The molecule has 0 fully saturated rings. The molecule has 0 spiro atoms. The second-order valence-electron chi connectivity index (χ2n) is 4.09. The van der Waals surface area contributed by atoms with Crippen LogP contribution >= 0.6 is 11.6 Å². The fourth-order valence-corrected chi connectivity index (χ4v) is 1.79. The lowest BCUT2D eigenvalue weighted by Crippen LogP contribution is -2.52. The summed E-state index contributed by atoms with van der Waals surface area (Å²) in [5.74, 6) is -0.0620. The summed E-state index contributed by atoms with van der Waals surface area (Å²) in [6, 6.07) is -0.819. The molecule has 0 aliphatic heterocycles. The number of halogens is 1. The monoisotopic (exact) mass is 272 g/mol. The molecule has 0 aromatic rings. The average molecular weight is 273 g/mol. The fourth-order valence-electron chi connectivity index (χ4n) is 1.70.